The first-order valence-corrected chi connectivity index (χ1v) is 9.26. The summed E-state index contributed by atoms with van der Waals surface area (Å²) >= 11 is 3.46. The maximum atomic E-state index is 14.1. The molecule has 0 aliphatic rings. The van der Waals surface area contributed by atoms with E-state index in [1.54, 1.807) is 23.1 Å². The third kappa shape index (κ3) is 3.38. The van der Waals surface area contributed by atoms with Crippen LogP contribution in [0, 0.1) is 17.1 Å². The molecule has 138 valence electrons. The third-order valence-corrected chi connectivity index (χ3v) is 4.87. The van der Waals surface area contributed by atoms with E-state index in [1.807, 2.05) is 30.3 Å². The number of halogens is 2. The molecule has 3 aromatic heterocycles. The zero-order valence-corrected chi connectivity index (χ0v) is 16.1. The number of benzene rings is 1. The van der Waals surface area contributed by atoms with Gasteiger partial charge in [-0.1, -0.05) is 15.9 Å². The van der Waals surface area contributed by atoms with Crippen LogP contribution in [0.5, 0.6) is 0 Å². The highest BCUT2D eigenvalue weighted by molar-refractivity contribution is 9.10. The number of aromatic nitrogens is 4. The van der Waals surface area contributed by atoms with Crippen LogP contribution in [0.4, 0.5) is 4.39 Å². The van der Waals surface area contributed by atoms with Gasteiger partial charge < -0.3 is 5.73 Å². The van der Waals surface area contributed by atoms with Gasteiger partial charge in [-0.3, -0.25) is 4.98 Å². The Morgan fingerprint density at radius 2 is 2.11 bits per heavy atom. The number of nitriles is 1. The van der Waals surface area contributed by atoms with Crippen molar-refractivity contribution in [1.82, 2.24) is 19.7 Å². The van der Waals surface area contributed by atoms with E-state index in [0.717, 1.165) is 15.4 Å². The topological polar surface area (TPSA) is 93.4 Å². The molecule has 0 saturated heterocycles. The normalized spacial score (nSPS) is 12.1. The molecule has 0 saturated carbocycles. The standard InChI is InChI=1S/C20H14BrFN6/c21-13-3-6-18-12(8-13)11-26-28(18)19-2-1-7-25-20(19)16(24)9-17-15(22)5-4-14(10-23)27-17/h1-8,11,16H,9,24H2/t16-/m0/s1. The fourth-order valence-corrected chi connectivity index (χ4v) is 3.44. The molecule has 6 nitrogen and oxygen atoms in total. The molecule has 0 bridgehead atoms. The first-order valence-electron chi connectivity index (χ1n) is 8.46. The van der Waals surface area contributed by atoms with E-state index in [2.05, 4.69) is 31.0 Å². The van der Waals surface area contributed by atoms with E-state index in [1.165, 1.54) is 12.1 Å². The molecule has 0 aliphatic carbocycles. The van der Waals surface area contributed by atoms with Crippen LogP contribution in [-0.4, -0.2) is 19.7 Å². The predicted molar refractivity (Wildman–Crippen MR) is 106 cm³/mol. The van der Waals surface area contributed by atoms with E-state index >= 15 is 0 Å². The molecule has 0 unspecified atom stereocenters. The van der Waals surface area contributed by atoms with Crippen LogP contribution < -0.4 is 5.73 Å². The average molecular weight is 437 g/mol. The molecule has 0 fully saturated rings. The van der Waals surface area contributed by atoms with Gasteiger partial charge in [0.25, 0.3) is 0 Å². The average Bonchev–Trinajstić information content (AvgIpc) is 3.12. The molecule has 1 aromatic carbocycles. The molecule has 0 spiro atoms. The summed E-state index contributed by atoms with van der Waals surface area (Å²) in [6.07, 6.45) is 3.51. The maximum Gasteiger partial charge on any atom is 0.144 e. The Balaban J connectivity index is 1.74. The first kappa shape index (κ1) is 18.2. The summed E-state index contributed by atoms with van der Waals surface area (Å²) in [4.78, 5) is 8.45. The van der Waals surface area contributed by atoms with Crippen LogP contribution in [0.3, 0.4) is 0 Å². The van der Waals surface area contributed by atoms with Crippen LogP contribution in [0.1, 0.15) is 23.1 Å². The van der Waals surface area contributed by atoms with E-state index in [4.69, 9.17) is 11.0 Å². The lowest BCUT2D eigenvalue weighted by atomic mass is 10.1. The van der Waals surface area contributed by atoms with Gasteiger partial charge in [-0.2, -0.15) is 10.4 Å². The van der Waals surface area contributed by atoms with E-state index in [-0.39, 0.29) is 17.8 Å². The highest BCUT2D eigenvalue weighted by atomic mass is 79.9. The fourth-order valence-electron chi connectivity index (χ4n) is 3.06. The van der Waals surface area contributed by atoms with Crippen molar-refractivity contribution in [2.75, 3.05) is 0 Å². The molecule has 1 atom stereocenters. The Bertz CT molecular complexity index is 1210. The van der Waals surface area contributed by atoms with Crippen molar-refractivity contribution in [2.24, 2.45) is 5.73 Å². The lowest BCUT2D eigenvalue weighted by Gasteiger charge is -2.16. The lowest BCUT2D eigenvalue weighted by molar-refractivity contribution is 0.574. The molecule has 0 radical (unpaired) electrons. The van der Waals surface area contributed by atoms with E-state index in [9.17, 15) is 4.39 Å². The summed E-state index contributed by atoms with van der Waals surface area (Å²) in [5, 5.41) is 14.4. The minimum atomic E-state index is -0.623. The highest BCUT2D eigenvalue weighted by Gasteiger charge is 2.19. The van der Waals surface area contributed by atoms with Crippen LogP contribution in [0.25, 0.3) is 16.6 Å². The second kappa shape index (κ2) is 7.46. The molecule has 4 aromatic rings. The van der Waals surface area contributed by atoms with Crippen LogP contribution >= 0.6 is 15.9 Å². The van der Waals surface area contributed by atoms with Crippen LogP contribution in [0.2, 0.25) is 0 Å². The van der Waals surface area contributed by atoms with Crippen molar-refractivity contribution in [3.63, 3.8) is 0 Å². The van der Waals surface area contributed by atoms with Crippen molar-refractivity contribution in [3.05, 3.63) is 82.2 Å². The Kier molecular flexibility index (Phi) is 4.86. The number of nitrogens with zero attached hydrogens (tertiary/aromatic N) is 5. The monoisotopic (exact) mass is 436 g/mol. The smallest absolute Gasteiger partial charge is 0.144 e. The Morgan fingerprint density at radius 1 is 1.25 bits per heavy atom. The number of nitrogens with two attached hydrogens (primary N) is 1. The summed E-state index contributed by atoms with van der Waals surface area (Å²) in [7, 11) is 0. The summed E-state index contributed by atoms with van der Waals surface area (Å²) in [6, 6.07) is 13.4. The molecular formula is C20H14BrFN6. The minimum Gasteiger partial charge on any atom is -0.322 e. The van der Waals surface area contributed by atoms with Crippen LogP contribution in [0.15, 0.2) is 59.3 Å². The molecular weight excluding hydrogens is 423 g/mol. The maximum absolute atomic E-state index is 14.1. The zero-order chi connectivity index (χ0) is 19.7. The van der Waals surface area contributed by atoms with Gasteiger partial charge in [0.15, 0.2) is 0 Å². The van der Waals surface area contributed by atoms with Crippen molar-refractivity contribution in [1.29, 1.82) is 5.26 Å². The van der Waals surface area contributed by atoms with Crippen molar-refractivity contribution >= 4 is 26.8 Å². The Labute approximate surface area is 168 Å². The second-order valence-electron chi connectivity index (χ2n) is 6.21. The zero-order valence-electron chi connectivity index (χ0n) is 14.5. The van der Waals surface area contributed by atoms with Gasteiger partial charge >= 0.3 is 0 Å². The van der Waals surface area contributed by atoms with Crippen molar-refractivity contribution in [3.8, 4) is 11.8 Å². The number of fused-ring (bicyclic) bond motifs is 1. The number of hydrogen-bond donors (Lipinski definition) is 1. The van der Waals surface area contributed by atoms with E-state index in [0.29, 0.717) is 11.4 Å². The van der Waals surface area contributed by atoms with Gasteiger partial charge in [-0.15, -0.1) is 0 Å². The lowest BCUT2D eigenvalue weighted by Crippen LogP contribution is -2.19. The molecule has 8 heteroatoms. The summed E-state index contributed by atoms with van der Waals surface area (Å²) < 4.78 is 16.9. The molecule has 0 aliphatic heterocycles. The van der Waals surface area contributed by atoms with Crippen molar-refractivity contribution < 1.29 is 4.39 Å². The molecule has 28 heavy (non-hydrogen) atoms. The summed E-state index contributed by atoms with van der Waals surface area (Å²) in [5.41, 5.74) is 8.83. The SMILES string of the molecule is N#Cc1ccc(F)c(C[C@H](N)c2ncccc2-n2ncc3cc(Br)ccc32)n1. The van der Waals surface area contributed by atoms with Gasteiger partial charge in [-0.05, 0) is 42.5 Å². The summed E-state index contributed by atoms with van der Waals surface area (Å²) in [6.45, 7) is 0. The van der Waals surface area contributed by atoms with Crippen molar-refractivity contribution in [2.45, 2.75) is 12.5 Å². The van der Waals surface area contributed by atoms with Gasteiger partial charge in [0.1, 0.15) is 17.6 Å². The number of rotatable bonds is 4. The first-order chi connectivity index (χ1) is 13.6. The van der Waals surface area contributed by atoms with Gasteiger partial charge in [0.2, 0.25) is 0 Å². The summed E-state index contributed by atoms with van der Waals surface area (Å²) in [5.74, 6) is -0.499. The number of pyridine rings is 2. The Hall–Kier alpha value is -3.15. The van der Waals surface area contributed by atoms with Gasteiger partial charge in [0.05, 0.1) is 34.8 Å². The minimum absolute atomic E-state index is 0.107. The van der Waals surface area contributed by atoms with Gasteiger partial charge in [0, 0.05) is 22.5 Å². The highest BCUT2D eigenvalue weighted by Crippen LogP contribution is 2.26. The molecule has 4 rings (SSSR count). The quantitative estimate of drug-likeness (QED) is 0.524. The largest absolute Gasteiger partial charge is 0.322 e. The van der Waals surface area contributed by atoms with Gasteiger partial charge in [-0.25, -0.2) is 14.1 Å². The second-order valence-corrected chi connectivity index (χ2v) is 7.13. The molecule has 0 amide bonds. The van der Waals surface area contributed by atoms with E-state index < -0.39 is 11.9 Å². The molecule has 2 N–H and O–H groups in total. The predicted octanol–water partition coefficient (Wildman–Crippen LogP) is 3.83. The molecule has 3 heterocycles. The fraction of sp³-hybridized carbons (Fsp3) is 0.100. The third-order valence-electron chi connectivity index (χ3n) is 4.37. The van der Waals surface area contributed by atoms with Crippen LogP contribution in [-0.2, 0) is 6.42 Å². The number of hydrogen-bond acceptors (Lipinski definition) is 5. The Morgan fingerprint density at radius 3 is 2.93 bits per heavy atom.